The molecule has 0 spiro atoms. The van der Waals surface area contributed by atoms with Crippen molar-refractivity contribution in [1.29, 1.82) is 0 Å². The van der Waals surface area contributed by atoms with Crippen LogP contribution in [0.1, 0.15) is 17.3 Å². The number of carbonyl (C=O) groups excluding carboxylic acids is 1. The minimum Gasteiger partial charge on any atom is -0.295 e. The predicted molar refractivity (Wildman–Crippen MR) is 53.6 cm³/mol. The van der Waals surface area contributed by atoms with Gasteiger partial charge in [0.05, 0.1) is 0 Å². The van der Waals surface area contributed by atoms with Crippen molar-refractivity contribution in [3.8, 4) is 0 Å². The van der Waals surface area contributed by atoms with Gasteiger partial charge in [0.2, 0.25) is 0 Å². The molecule has 0 heterocycles. The van der Waals surface area contributed by atoms with Gasteiger partial charge in [0.25, 0.3) is 0 Å². The van der Waals surface area contributed by atoms with E-state index in [1.54, 1.807) is 6.92 Å². The Hall–Kier alpha value is -1.05. The SMILES string of the molecule is CB(C)c1ccc(C(C)=O)cc1. The Balaban J connectivity index is 2.93. The average molecular weight is 160 g/mol. The molecule has 1 rings (SSSR count). The molecule has 2 heteroatoms. The Kier molecular flexibility index (Phi) is 2.69. The van der Waals surface area contributed by atoms with Crippen molar-refractivity contribution in [2.24, 2.45) is 0 Å². The highest BCUT2D eigenvalue weighted by atomic mass is 16.1. The maximum Gasteiger partial charge on any atom is 0.169 e. The zero-order valence-corrected chi connectivity index (χ0v) is 7.79. The second-order valence-electron chi connectivity index (χ2n) is 3.33. The molecule has 12 heavy (non-hydrogen) atoms. The molecule has 0 N–H and O–H groups in total. The summed E-state index contributed by atoms with van der Waals surface area (Å²) in [4.78, 5) is 10.9. The molecule has 0 radical (unpaired) electrons. The van der Waals surface area contributed by atoms with Gasteiger partial charge >= 0.3 is 0 Å². The highest BCUT2D eigenvalue weighted by molar-refractivity contribution is 6.70. The van der Waals surface area contributed by atoms with E-state index in [0.29, 0.717) is 6.71 Å². The first kappa shape index (κ1) is 9.05. The summed E-state index contributed by atoms with van der Waals surface area (Å²) in [5, 5.41) is 0. The van der Waals surface area contributed by atoms with E-state index >= 15 is 0 Å². The summed E-state index contributed by atoms with van der Waals surface area (Å²) >= 11 is 0. The van der Waals surface area contributed by atoms with Crippen LogP contribution in [0, 0.1) is 0 Å². The van der Waals surface area contributed by atoms with Crippen LogP contribution in [0.25, 0.3) is 0 Å². The molecule has 0 aliphatic rings. The summed E-state index contributed by atoms with van der Waals surface area (Å²) in [6.07, 6.45) is 0. The van der Waals surface area contributed by atoms with E-state index in [4.69, 9.17) is 0 Å². The quantitative estimate of drug-likeness (QED) is 0.476. The number of Topliss-reactive ketones (excluding diaryl/α,β-unsaturated/α-hetero) is 1. The van der Waals surface area contributed by atoms with E-state index in [2.05, 4.69) is 13.6 Å². The fourth-order valence-electron chi connectivity index (χ4n) is 1.10. The first-order valence-corrected chi connectivity index (χ1v) is 4.22. The first-order valence-electron chi connectivity index (χ1n) is 4.22. The van der Waals surface area contributed by atoms with Crippen molar-refractivity contribution in [2.75, 3.05) is 0 Å². The van der Waals surface area contributed by atoms with Gasteiger partial charge in [-0.15, -0.1) is 0 Å². The predicted octanol–water partition coefficient (Wildman–Crippen LogP) is 1.85. The smallest absolute Gasteiger partial charge is 0.169 e. The van der Waals surface area contributed by atoms with Gasteiger partial charge < -0.3 is 0 Å². The lowest BCUT2D eigenvalue weighted by Gasteiger charge is -2.02. The molecular formula is C10H13BO. The molecule has 0 saturated heterocycles. The monoisotopic (exact) mass is 160 g/mol. The number of hydrogen-bond acceptors (Lipinski definition) is 1. The van der Waals surface area contributed by atoms with Gasteiger partial charge in [-0.1, -0.05) is 43.4 Å². The lowest BCUT2D eigenvalue weighted by atomic mass is 9.49. The minimum absolute atomic E-state index is 0.130. The second-order valence-corrected chi connectivity index (χ2v) is 3.33. The molecule has 0 bridgehead atoms. The van der Waals surface area contributed by atoms with Gasteiger partial charge in [0.15, 0.2) is 12.5 Å². The van der Waals surface area contributed by atoms with E-state index in [1.807, 2.05) is 24.3 Å². The molecule has 0 aliphatic heterocycles. The van der Waals surface area contributed by atoms with Crippen LogP contribution in [-0.4, -0.2) is 12.5 Å². The lowest BCUT2D eigenvalue weighted by Crippen LogP contribution is -2.22. The van der Waals surface area contributed by atoms with Gasteiger partial charge in [-0.05, 0) is 6.92 Å². The molecule has 1 nitrogen and oxygen atoms in total. The summed E-state index contributed by atoms with van der Waals surface area (Å²) in [5.41, 5.74) is 2.07. The van der Waals surface area contributed by atoms with E-state index < -0.39 is 0 Å². The third-order valence-corrected chi connectivity index (χ3v) is 1.98. The Morgan fingerprint density at radius 2 is 1.67 bits per heavy atom. The van der Waals surface area contributed by atoms with Crippen molar-refractivity contribution >= 4 is 18.0 Å². The Morgan fingerprint density at radius 1 is 1.17 bits per heavy atom. The van der Waals surface area contributed by atoms with Crippen molar-refractivity contribution < 1.29 is 4.79 Å². The van der Waals surface area contributed by atoms with Crippen LogP contribution in [0.3, 0.4) is 0 Å². The molecule has 0 amide bonds. The van der Waals surface area contributed by atoms with Crippen LogP contribution in [-0.2, 0) is 0 Å². The largest absolute Gasteiger partial charge is 0.295 e. The minimum atomic E-state index is 0.130. The number of hydrogen-bond donors (Lipinski definition) is 0. The number of ketones is 1. The molecule has 0 aliphatic carbocycles. The van der Waals surface area contributed by atoms with Gasteiger partial charge in [0, 0.05) is 5.56 Å². The summed E-state index contributed by atoms with van der Waals surface area (Å²) in [6, 6.07) is 7.80. The molecule has 0 unspecified atom stereocenters. The van der Waals surface area contributed by atoms with Gasteiger partial charge in [-0.3, -0.25) is 4.79 Å². The van der Waals surface area contributed by atoms with Crippen LogP contribution in [0.4, 0.5) is 0 Å². The van der Waals surface area contributed by atoms with Crippen molar-refractivity contribution in [1.82, 2.24) is 0 Å². The highest BCUT2D eigenvalue weighted by Gasteiger charge is 2.03. The third-order valence-electron chi connectivity index (χ3n) is 1.98. The zero-order valence-electron chi connectivity index (χ0n) is 7.79. The van der Waals surface area contributed by atoms with Gasteiger partial charge in [0.1, 0.15) is 0 Å². The third kappa shape index (κ3) is 1.97. The molecule has 0 fully saturated rings. The van der Waals surface area contributed by atoms with Crippen LogP contribution in [0.2, 0.25) is 13.6 Å². The molecular weight excluding hydrogens is 147 g/mol. The maximum absolute atomic E-state index is 10.9. The first-order chi connectivity index (χ1) is 5.61. The number of carbonyl (C=O) groups is 1. The van der Waals surface area contributed by atoms with E-state index in [-0.39, 0.29) is 5.78 Å². The zero-order chi connectivity index (χ0) is 9.14. The standard InChI is InChI=1S/C10H13BO/c1-8(12)9-4-6-10(7-5-9)11(2)3/h4-7H,1-3H3. The molecule has 1 aromatic carbocycles. The Morgan fingerprint density at radius 3 is 2.00 bits per heavy atom. The van der Waals surface area contributed by atoms with Crippen LogP contribution in [0.15, 0.2) is 24.3 Å². The van der Waals surface area contributed by atoms with Gasteiger partial charge in [-0.25, -0.2) is 0 Å². The van der Waals surface area contributed by atoms with Crippen molar-refractivity contribution in [2.45, 2.75) is 20.6 Å². The normalized spacial score (nSPS) is 9.58. The van der Waals surface area contributed by atoms with E-state index in [9.17, 15) is 4.79 Å². The fourth-order valence-corrected chi connectivity index (χ4v) is 1.10. The van der Waals surface area contributed by atoms with Crippen LogP contribution >= 0.6 is 0 Å². The summed E-state index contributed by atoms with van der Waals surface area (Å²) in [7, 11) is 0. The lowest BCUT2D eigenvalue weighted by molar-refractivity contribution is 0.101. The van der Waals surface area contributed by atoms with Crippen molar-refractivity contribution in [3.63, 3.8) is 0 Å². The number of benzene rings is 1. The molecule has 62 valence electrons. The highest BCUT2D eigenvalue weighted by Crippen LogP contribution is 1.98. The molecule has 0 aromatic heterocycles. The fraction of sp³-hybridized carbons (Fsp3) is 0.300. The van der Waals surface area contributed by atoms with E-state index in [1.165, 1.54) is 5.46 Å². The topological polar surface area (TPSA) is 17.1 Å². The molecule has 0 atom stereocenters. The van der Waals surface area contributed by atoms with Gasteiger partial charge in [-0.2, -0.15) is 0 Å². The van der Waals surface area contributed by atoms with Crippen molar-refractivity contribution in [3.05, 3.63) is 29.8 Å². The second kappa shape index (κ2) is 3.57. The van der Waals surface area contributed by atoms with E-state index in [0.717, 1.165) is 5.56 Å². The Labute approximate surface area is 73.9 Å². The molecule has 0 saturated carbocycles. The Bertz CT molecular complexity index is 274. The average Bonchev–Trinajstić information content (AvgIpc) is 2.04. The van der Waals surface area contributed by atoms with Crippen LogP contribution < -0.4 is 5.46 Å². The maximum atomic E-state index is 10.9. The number of rotatable bonds is 2. The summed E-state index contributed by atoms with van der Waals surface area (Å²) in [5.74, 6) is 0.130. The summed E-state index contributed by atoms with van der Waals surface area (Å²) < 4.78 is 0. The van der Waals surface area contributed by atoms with Crippen LogP contribution in [0.5, 0.6) is 0 Å². The summed E-state index contributed by atoms with van der Waals surface area (Å²) in [6.45, 7) is 6.40. The molecule has 1 aromatic rings.